The van der Waals surface area contributed by atoms with Gasteiger partial charge in [0, 0.05) is 39.6 Å². The van der Waals surface area contributed by atoms with Crippen molar-refractivity contribution in [1.82, 2.24) is 14.8 Å². The SMILES string of the molecule is CN=C(NCC1CCCCC1)N(C)Cc1cccn1C. The topological polar surface area (TPSA) is 32.6 Å². The molecule has 20 heavy (non-hydrogen) atoms. The summed E-state index contributed by atoms with van der Waals surface area (Å²) in [5, 5.41) is 3.54. The molecule has 0 saturated heterocycles. The minimum absolute atomic E-state index is 0.823. The van der Waals surface area contributed by atoms with Gasteiger partial charge in [-0.25, -0.2) is 0 Å². The normalized spacial score (nSPS) is 17.2. The van der Waals surface area contributed by atoms with Crippen LogP contribution in [0.15, 0.2) is 23.3 Å². The molecular weight excluding hydrogens is 248 g/mol. The molecule has 0 aliphatic heterocycles. The van der Waals surface area contributed by atoms with Crippen molar-refractivity contribution in [3.63, 3.8) is 0 Å². The molecule has 1 N–H and O–H groups in total. The van der Waals surface area contributed by atoms with Crippen LogP contribution in [0.5, 0.6) is 0 Å². The zero-order chi connectivity index (χ0) is 14.4. The smallest absolute Gasteiger partial charge is 0.193 e. The summed E-state index contributed by atoms with van der Waals surface area (Å²) in [6.45, 7) is 1.94. The summed E-state index contributed by atoms with van der Waals surface area (Å²) in [6, 6.07) is 4.24. The number of aryl methyl sites for hydroxylation is 1. The zero-order valence-corrected chi connectivity index (χ0v) is 13.1. The third-order valence-corrected chi connectivity index (χ3v) is 4.30. The Labute approximate surface area is 122 Å². The Hall–Kier alpha value is -1.45. The van der Waals surface area contributed by atoms with E-state index in [1.807, 2.05) is 7.05 Å². The minimum atomic E-state index is 0.823. The number of aromatic nitrogens is 1. The first-order valence-electron chi connectivity index (χ1n) is 7.72. The highest BCUT2D eigenvalue weighted by Gasteiger charge is 2.15. The lowest BCUT2D eigenvalue weighted by atomic mass is 9.89. The average Bonchev–Trinajstić information content (AvgIpc) is 2.86. The molecule has 1 aromatic heterocycles. The van der Waals surface area contributed by atoms with Crippen LogP contribution in [-0.4, -0.2) is 36.1 Å². The first-order valence-corrected chi connectivity index (χ1v) is 7.72. The quantitative estimate of drug-likeness (QED) is 0.677. The van der Waals surface area contributed by atoms with E-state index in [9.17, 15) is 0 Å². The van der Waals surface area contributed by atoms with E-state index in [1.54, 1.807) is 0 Å². The van der Waals surface area contributed by atoms with E-state index in [4.69, 9.17) is 0 Å². The number of hydrogen-bond donors (Lipinski definition) is 1. The molecule has 0 atom stereocenters. The zero-order valence-electron chi connectivity index (χ0n) is 13.1. The molecule has 4 heteroatoms. The molecule has 1 aliphatic rings. The van der Waals surface area contributed by atoms with Gasteiger partial charge < -0.3 is 14.8 Å². The fraction of sp³-hybridized carbons (Fsp3) is 0.688. The lowest BCUT2D eigenvalue weighted by molar-refractivity contribution is 0.349. The number of aliphatic imine (C=N–C) groups is 1. The Morgan fingerprint density at radius 1 is 1.40 bits per heavy atom. The maximum atomic E-state index is 4.40. The molecule has 0 amide bonds. The molecule has 112 valence electrons. The van der Waals surface area contributed by atoms with E-state index < -0.39 is 0 Å². The molecule has 2 rings (SSSR count). The molecule has 1 aliphatic carbocycles. The largest absolute Gasteiger partial charge is 0.356 e. The Morgan fingerprint density at radius 2 is 2.15 bits per heavy atom. The number of guanidine groups is 1. The van der Waals surface area contributed by atoms with Crippen LogP contribution in [0, 0.1) is 5.92 Å². The third-order valence-electron chi connectivity index (χ3n) is 4.30. The number of nitrogens with one attached hydrogen (secondary N) is 1. The summed E-state index contributed by atoms with van der Waals surface area (Å²) in [6.07, 6.45) is 9.02. The molecule has 0 radical (unpaired) electrons. The monoisotopic (exact) mass is 276 g/mol. The Morgan fingerprint density at radius 3 is 2.75 bits per heavy atom. The fourth-order valence-corrected chi connectivity index (χ4v) is 2.99. The second-order valence-electron chi connectivity index (χ2n) is 5.90. The van der Waals surface area contributed by atoms with Crippen LogP contribution in [0.2, 0.25) is 0 Å². The van der Waals surface area contributed by atoms with Crippen LogP contribution >= 0.6 is 0 Å². The highest BCUT2D eigenvalue weighted by molar-refractivity contribution is 5.79. The summed E-state index contributed by atoms with van der Waals surface area (Å²) < 4.78 is 2.16. The maximum absolute atomic E-state index is 4.40. The summed E-state index contributed by atoms with van der Waals surface area (Å²) in [4.78, 5) is 6.60. The lowest BCUT2D eigenvalue weighted by Crippen LogP contribution is -2.41. The molecule has 1 aromatic rings. The van der Waals surface area contributed by atoms with Gasteiger partial charge in [0.25, 0.3) is 0 Å². The summed E-state index contributed by atoms with van der Waals surface area (Å²) >= 11 is 0. The Bertz CT molecular complexity index is 429. The van der Waals surface area contributed by atoms with Crippen molar-refractivity contribution in [3.8, 4) is 0 Å². The Kier molecular flexibility index (Phi) is 5.50. The van der Waals surface area contributed by atoms with E-state index >= 15 is 0 Å². The summed E-state index contributed by atoms with van der Waals surface area (Å²) in [5.74, 6) is 1.82. The van der Waals surface area contributed by atoms with Gasteiger partial charge in [-0.15, -0.1) is 0 Å². The molecule has 1 fully saturated rings. The fourth-order valence-electron chi connectivity index (χ4n) is 2.99. The van der Waals surface area contributed by atoms with E-state index in [1.165, 1.54) is 37.8 Å². The number of rotatable bonds is 4. The molecule has 0 unspecified atom stereocenters. The second-order valence-corrected chi connectivity index (χ2v) is 5.90. The van der Waals surface area contributed by atoms with Gasteiger partial charge >= 0.3 is 0 Å². The predicted molar refractivity (Wildman–Crippen MR) is 84.8 cm³/mol. The summed E-state index contributed by atoms with van der Waals surface area (Å²) in [5.41, 5.74) is 1.30. The van der Waals surface area contributed by atoms with Crippen molar-refractivity contribution in [1.29, 1.82) is 0 Å². The molecule has 1 heterocycles. The van der Waals surface area contributed by atoms with Gasteiger partial charge in [-0.1, -0.05) is 19.3 Å². The highest BCUT2D eigenvalue weighted by atomic mass is 15.3. The predicted octanol–water partition coefficient (Wildman–Crippen LogP) is 2.61. The lowest BCUT2D eigenvalue weighted by Gasteiger charge is -2.26. The van der Waals surface area contributed by atoms with Crippen molar-refractivity contribution in [2.75, 3.05) is 20.6 Å². The van der Waals surface area contributed by atoms with Crippen molar-refractivity contribution in [2.45, 2.75) is 38.6 Å². The highest BCUT2D eigenvalue weighted by Crippen LogP contribution is 2.22. The molecule has 0 aromatic carbocycles. The van der Waals surface area contributed by atoms with E-state index in [0.717, 1.165) is 25.0 Å². The standard InChI is InChI=1S/C16H28N4/c1-17-16(18-12-14-8-5-4-6-9-14)20(3)13-15-10-7-11-19(15)2/h7,10-11,14H,4-6,8-9,12-13H2,1-3H3,(H,17,18). The van der Waals surface area contributed by atoms with Crippen molar-refractivity contribution in [3.05, 3.63) is 24.0 Å². The minimum Gasteiger partial charge on any atom is -0.356 e. The Balaban J connectivity index is 1.83. The summed E-state index contributed by atoms with van der Waals surface area (Å²) in [7, 11) is 6.05. The number of hydrogen-bond acceptors (Lipinski definition) is 1. The van der Waals surface area contributed by atoms with E-state index in [0.29, 0.717) is 0 Å². The van der Waals surface area contributed by atoms with Crippen molar-refractivity contribution in [2.24, 2.45) is 18.0 Å². The van der Waals surface area contributed by atoms with Crippen LogP contribution in [0.4, 0.5) is 0 Å². The van der Waals surface area contributed by atoms with E-state index in [-0.39, 0.29) is 0 Å². The average molecular weight is 276 g/mol. The third kappa shape index (κ3) is 4.02. The van der Waals surface area contributed by atoms with Crippen LogP contribution in [0.25, 0.3) is 0 Å². The van der Waals surface area contributed by atoms with Crippen LogP contribution in [-0.2, 0) is 13.6 Å². The van der Waals surface area contributed by atoms with Gasteiger partial charge in [0.1, 0.15) is 0 Å². The van der Waals surface area contributed by atoms with Crippen molar-refractivity contribution < 1.29 is 0 Å². The van der Waals surface area contributed by atoms with Crippen LogP contribution < -0.4 is 5.32 Å². The van der Waals surface area contributed by atoms with Gasteiger partial charge in [0.15, 0.2) is 5.96 Å². The maximum Gasteiger partial charge on any atom is 0.193 e. The van der Waals surface area contributed by atoms with Crippen LogP contribution in [0.3, 0.4) is 0 Å². The molecule has 0 bridgehead atoms. The van der Waals surface area contributed by atoms with E-state index in [2.05, 4.69) is 52.2 Å². The first-order chi connectivity index (χ1) is 9.70. The molecule has 4 nitrogen and oxygen atoms in total. The number of nitrogens with zero attached hydrogens (tertiary/aromatic N) is 3. The second kappa shape index (κ2) is 7.36. The van der Waals surface area contributed by atoms with Gasteiger partial charge in [0.2, 0.25) is 0 Å². The van der Waals surface area contributed by atoms with Gasteiger partial charge in [0.05, 0.1) is 6.54 Å². The molecule has 0 spiro atoms. The first kappa shape index (κ1) is 14.9. The van der Waals surface area contributed by atoms with Gasteiger partial charge in [-0.3, -0.25) is 4.99 Å². The van der Waals surface area contributed by atoms with Crippen molar-refractivity contribution >= 4 is 5.96 Å². The van der Waals surface area contributed by atoms with Crippen LogP contribution in [0.1, 0.15) is 37.8 Å². The van der Waals surface area contributed by atoms with Gasteiger partial charge in [-0.2, -0.15) is 0 Å². The molecular formula is C16H28N4. The molecule has 1 saturated carbocycles. The van der Waals surface area contributed by atoms with Gasteiger partial charge in [-0.05, 0) is 30.9 Å².